The fraction of sp³-hybridized carbons (Fsp3) is 0.111. The zero-order chi connectivity index (χ0) is 9.97. The third kappa shape index (κ3) is 1.67. The van der Waals surface area contributed by atoms with Crippen LogP contribution in [-0.4, -0.2) is 19.9 Å². The summed E-state index contributed by atoms with van der Waals surface area (Å²) in [5, 5.41) is 0. The summed E-state index contributed by atoms with van der Waals surface area (Å²) in [6.07, 6.45) is 6.71. The molecule has 2 aromatic heterocycles. The molecule has 0 fully saturated rings. The minimum Gasteiger partial charge on any atom is -0.330 e. The Balaban J connectivity index is 2.62. The molecule has 14 heavy (non-hydrogen) atoms. The van der Waals surface area contributed by atoms with Crippen LogP contribution in [0.2, 0.25) is 0 Å². The predicted octanol–water partition coefficient (Wildman–Crippen LogP) is 1.90. The lowest BCUT2D eigenvalue weighted by molar-refractivity contribution is 1.09. The van der Waals surface area contributed by atoms with Crippen molar-refractivity contribution in [3.8, 4) is 11.3 Å². The van der Waals surface area contributed by atoms with Gasteiger partial charge in [0.05, 0.1) is 5.69 Å². The summed E-state index contributed by atoms with van der Waals surface area (Å²) in [5.41, 5.74) is 2.86. The van der Waals surface area contributed by atoms with E-state index in [9.17, 15) is 0 Å². The van der Waals surface area contributed by atoms with E-state index in [1.54, 1.807) is 18.6 Å². The zero-order valence-electron chi connectivity index (χ0n) is 7.56. The normalized spacial score (nSPS) is 10.1. The highest BCUT2D eigenvalue weighted by atomic mass is 32.1. The molecule has 2 heterocycles. The molecule has 1 N–H and O–H groups in total. The fourth-order valence-electron chi connectivity index (χ4n) is 1.19. The summed E-state index contributed by atoms with van der Waals surface area (Å²) in [4.78, 5) is 14.9. The Kier molecular flexibility index (Phi) is 2.32. The molecule has 0 atom stereocenters. The Morgan fingerprint density at radius 1 is 1.21 bits per heavy atom. The first-order chi connectivity index (χ1) is 6.77. The summed E-state index contributed by atoms with van der Waals surface area (Å²) in [6.45, 7) is 1.96. The first kappa shape index (κ1) is 8.96. The monoisotopic (exact) mass is 204 g/mol. The molecule has 0 aliphatic heterocycles. The van der Waals surface area contributed by atoms with Gasteiger partial charge in [-0.25, -0.2) is 15.0 Å². The van der Waals surface area contributed by atoms with Crippen LogP contribution >= 0.6 is 12.2 Å². The van der Waals surface area contributed by atoms with Crippen LogP contribution in [0.1, 0.15) is 5.56 Å². The molecule has 0 radical (unpaired) electrons. The number of rotatable bonds is 1. The Morgan fingerprint density at radius 2 is 1.93 bits per heavy atom. The van der Waals surface area contributed by atoms with E-state index in [4.69, 9.17) is 12.2 Å². The van der Waals surface area contributed by atoms with Crippen LogP contribution in [0.25, 0.3) is 11.3 Å². The molecule has 0 spiro atoms. The van der Waals surface area contributed by atoms with E-state index >= 15 is 0 Å². The molecule has 0 amide bonds. The van der Waals surface area contributed by atoms with Crippen LogP contribution in [-0.2, 0) is 0 Å². The van der Waals surface area contributed by atoms with Crippen molar-refractivity contribution in [3.05, 3.63) is 35.3 Å². The van der Waals surface area contributed by atoms with Crippen molar-refractivity contribution in [2.45, 2.75) is 6.92 Å². The minimum absolute atomic E-state index is 0.467. The van der Waals surface area contributed by atoms with Gasteiger partial charge < -0.3 is 4.98 Å². The number of H-pyrrole nitrogens is 1. The molecular weight excluding hydrogens is 196 g/mol. The first-order valence-corrected chi connectivity index (χ1v) is 4.49. The third-order valence-corrected chi connectivity index (χ3v) is 2.06. The van der Waals surface area contributed by atoms with Crippen molar-refractivity contribution in [2.24, 2.45) is 0 Å². The SMILES string of the molecule is Cc1cnc(=S)[nH]c1-c1cncnc1. The Hall–Kier alpha value is -1.62. The molecule has 0 aliphatic carbocycles. The van der Waals surface area contributed by atoms with Crippen LogP contribution in [0.15, 0.2) is 24.9 Å². The third-order valence-electron chi connectivity index (χ3n) is 1.85. The molecule has 2 aromatic rings. The number of hydrogen-bond acceptors (Lipinski definition) is 4. The van der Waals surface area contributed by atoms with E-state index in [0.29, 0.717) is 4.77 Å². The molecule has 0 unspecified atom stereocenters. The average molecular weight is 204 g/mol. The highest BCUT2D eigenvalue weighted by molar-refractivity contribution is 7.71. The highest BCUT2D eigenvalue weighted by Crippen LogP contribution is 2.17. The molecule has 0 saturated heterocycles. The molecule has 70 valence electrons. The van der Waals surface area contributed by atoms with Crippen LogP contribution in [0.5, 0.6) is 0 Å². The minimum atomic E-state index is 0.467. The Morgan fingerprint density at radius 3 is 2.64 bits per heavy atom. The van der Waals surface area contributed by atoms with Gasteiger partial charge in [0.1, 0.15) is 6.33 Å². The van der Waals surface area contributed by atoms with Crippen molar-refractivity contribution in [1.29, 1.82) is 0 Å². The number of aryl methyl sites for hydroxylation is 1. The van der Waals surface area contributed by atoms with Crippen LogP contribution in [0, 0.1) is 11.7 Å². The molecule has 0 bridgehead atoms. The van der Waals surface area contributed by atoms with Gasteiger partial charge in [-0.3, -0.25) is 0 Å². The summed E-state index contributed by atoms with van der Waals surface area (Å²) in [6, 6.07) is 0. The summed E-state index contributed by atoms with van der Waals surface area (Å²) >= 11 is 4.95. The zero-order valence-corrected chi connectivity index (χ0v) is 8.38. The van der Waals surface area contributed by atoms with Crippen molar-refractivity contribution in [1.82, 2.24) is 19.9 Å². The summed E-state index contributed by atoms with van der Waals surface area (Å²) in [7, 11) is 0. The molecule has 5 heteroatoms. The van der Waals surface area contributed by atoms with Crippen molar-refractivity contribution >= 4 is 12.2 Å². The van der Waals surface area contributed by atoms with Gasteiger partial charge in [-0.15, -0.1) is 0 Å². The molecule has 4 nitrogen and oxygen atoms in total. The van der Waals surface area contributed by atoms with Gasteiger partial charge in [0.2, 0.25) is 0 Å². The lowest BCUT2D eigenvalue weighted by Gasteiger charge is -2.03. The van der Waals surface area contributed by atoms with Gasteiger partial charge in [-0.05, 0) is 24.7 Å². The van der Waals surface area contributed by atoms with Gasteiger partial charge in [-0.2, -0.15) is 0 Å². The van der Waals surface area contributed by atoms with Gasteiger partial charge in [-0.1, -0.05) is 0 Å². The smallest absolute Gasteiger partial charge is 0.197 e. The van der Waals surface area contributed by atoms with E-state index in [2.05, 4.69) is 19.9 Å². The van der Waals surface area contributed by atoms with Gasteiger partial charge in [0.25, 0.3) is 0 Å². The number of nitrogens with zero attached hydrogens (tertiary/aromatic N) is 3. The standard InChI is InChI=1S/C9H8N4S/c1-6-2-12-9(14)13-8(6)7-3-10-5-11-4-7/h2-5H,1H3,(H,12,13,14). The summed E-state index contributed by atoms with van der Waals surface area (Å²) in [5.74, 6) is 0. The maximum absolute atomic E-state index is 4.95. The van der Waals surface area contributed by atoms with Crippen molar-refractivity contribution < 1.29 is 0 Å². The average Bonchev–Trinajstić information content (AvgIpc) is 2.23. The van der Waals surface area contributed by atoms with Crippen LogP contribution < -0.4 is 0 Å². The summed E-state index contributed by atoms with van der Waals surface area (Å²) < 4.78 is 0.467. The Bertz CT molecular complexity index is 492. The quantitative estimate of drug-likeness (QED) is 0.721. The lowest BCUT2D eigenvalue weighted by atomic mass is 10.1. The number of nitrogens with one attached hydrogen (secondary N) is 1. The van der Waals surface area contributed by atoms with Gasteiger partial charge in [0, 0.05) is 24.2 Å². The number of aromatic nitrogens is 4. The highest BCUT2D eigenvalue weighted by Gasteiger charge is 2.01. The van der Waals surface area contributed by atoms with Crippen molar-refractivity contribution in [3.63, 3.8) is 0 Å². The molecule has 0 aliphatic rings. The van der Waals surface area contributed by atoms with E-state index in [1.807, 2.05) is 6.92 Å². The largest absolute Gasteiger partial charge is 0.330 e. The molecular formula is C9H8N4S. The second kappa shape index (κ2) is 3.63. The van der Waals surface area contributed by atoms with E-state index in [0.717, 1.165) is 16.8 Å². The molecule has 0 aromatic carbocycles. The topological polar surface area (TPSA) is 54.5 Å². The van der Waals surface area contributed by atoms with Crippen molar-refractivity contribution in [2.75, 3.05) is 0 Å². The second-order valence-corrected chi connectivity index (χ2v) is 3.26. The van der Waals surface area contributed by atoms with Crippen LogP contribution in [0.4, 0.5) is 0 Å². The fourth-order valence-corrected chi connectivity index (χ4v) is 1.34. The maximum Gasteiger partial charge on any atom is 0.197 e. The van der Waals surface area contributed by atoms with E-state index in [-0.39, 0.29) is 0 Å². The number of aromatic amines is 1. The predicted molar refractivity (Wildman–Crippen MR) is 55.2 cm³/mol. The lowest BCUT2D eigenvalue weighted by Crippen LogP contribution is -1.92. The molecule has 2 rings (SSSR count). The second-order valence-electron chi connectivity index (χ2n) is 2.87. The number of hydrogen-bond donors (Lipinski definition) is 1. The van der Waals surface area contributed by atoms with E-state index < -0.39 is 0 Å². The molecule has 0 saturated carbocycles. The maximum atomic E-state index is 4.95. The Labute approximate surface area is 86.1 Å². The van der Waals surface area contributed by atoms with Gasteiger partial charge >= 0.3 is 0 Å². The van der Waals surface area contributed by atoms with Crippen LogP contribution in [0.3, 0.4) is 0 Å². The van der Waals surface area contributed by atoms with E-state index in [1.165, 1.54) is 6.33 Å². The van der Waals surface area contributed by atoms with Gasteiger partial charge in [0.15, 0.2) is 4.77 Å². The first-order valence-electron chi connectivity index (χ1n) is 4.08.